The van der Waals surface area contributed by atoms with Crippen LogP contribution in [0.2, 0.25) is 0 Å². The molecule has 2 aromatic carbocycles. The SMILES string of the molecule is O=C(NC[C@@H]1CCCN1C(=O)[C@H](CO)NS(=O)(=O)c1cccc2ccccc12)NN1CCCCC1. The van der Waals surface area contributed by atoms with Gasteiger partial charge in [0.15, 0.2) is 0 Å². The van der Waals surface area contributed by atoms with Crippen LogP contribution in [0, 0.1) is 0 Å². The quantitative estimate of drug-likeness (QED) is 0.428. The van der Waals surface area contributed by atoms with E-state index in [1.54, 1.807) is 23.1 Å². The summed E-state index contributed by atoms with van der Waals surface area (Å²) in [5.74, 6) is -0.503. The lowest BCUT2D eigenvalue weighted by Crippen LogP contribution is -2.55. The molecule has 0 saturated carbocycles. The van der Waals surface area contributed by atoms with E-state index in [1.165, 1.54) is 6.07 Å². The summed E-state index contributed by atoms with van der Waals surface area (Å²) in [6, 6.07) is 10.1. The summed E-state index contributed by atoms with van der Waals surface area (Å²) in [6.45, 7) is 1.65. The fraction of sp³-hybridized carbons (Fsp3) is 0.500. The Labute approximate surface area is 205 Å². The molecule has 0 bridgehead atoms. The van der Waals surface area contributed by atoms with E-state index < -0.39 is 28.6 Å². The second-order valence-corrected chi connectivity index (χ2v) is 10.7. The van der Waals surface area contributed by atoms with E-state index in [0.717, 1.165) is 44.2 Å². The number of nitrogens with one attached hydrogen (secondary N) is 3. The van der Waals surface area contributed by atoms with Crippen molar-refractivity contribution in [3.05, 3.63) is 42.5 Å². The number of hydrogen-bond acceptors (Lipinski definition) is 6. The molecule has 10 nitrogen and oxygen atoms in total. The lowest BCUT2D eigenvalue weighted by atomic mass is 10.1. The molecule has 0 aromatic heterocycles. The number of amides is 3. The Morgan fingerprint density at radius 1 is 1.00 bits per heavy atom. The van der Waals surface area contributed by atoms with E-state index in [0.29, 0.717) is 18.4 Å². The van der Waals surface area contributed by atoms with Crippen LogP contribution in [-0.4, -0.2) is 80.2 Å². The highest BCUT2D eigenvalue weighted by molar-refractivity contribution is 7.89. The molecule has 0 aliphatic carbocycles. The standard InChI is InChI=1S/C24H33N5O5S/c30-17-21(27-35(33,34)22-12-6-9-18-8-2-3-11-20(18)22)23(31)29-15-7-10-19(29)16-25-24(32)26-28-13-4-1-5-14-28/h2-3,6,8-9,11-12,19,21,27,30H,1,4-5,7,10,13-17H2,(H2,25,26,32)/t19-,21-/m0/s1. The molecule has 190 valence electrons. The Hall–Kier alpha value is -2.73. The van der Waals surface area contributed by atoms with E-state index in [4.69, 9.17) is 0 Å². The number of hydrogen-bond donors (Lipinski definition) is 4. The highest BCUT2D eigenvalue weighted by Crippen LogP contribution is 2.24. The van der Waals surface area contributed by atoms with Crippen LogP contribution in [0.15, 0.2) is 47.4 Å². The number of fused-ring (bicyclic) bond motifs is 1. The molecular formula is C24H33N5O5S. The molecule has 35 heavy (non-hydrogen) atoms. The minimum absolute atomic E-state index is 0.0517. The number of likely N-dealkylation sites (tertiary alicyclic amines) is 1. The van der Waals surface area contributed by atoms with E-state index in [1.807, 2.05) is 23.2 Å². The minimum atomic E-state index is -4.08. The molecule has 2 fully saturated rings. The number of aliphatic hydroxyl groups is 1. The van der Waals surface area contributed by atoms with Crippen molar-refractivity contribution in [1.82, 2.24) is 25.4 Å². The van der Waals surface area contributed by atoms with Gasteiger partial charge in [0.2, 0.25) is 15.9 Å². The van der Waals surface area contributed by atoms with Crippen molar-refractivity contribution in [3.8, 4) is 0 Å². The number of carbonyl (C=O) groups excluding carboxylic acids is 2. The third kappa shape index (κ3) is 6.10. The van der Waals surface area contributed by atoms with E-state index >= 15 is 0 Å². The smallest absolute Gasteiger partial charge is 0.329 e. The summed E-state index contributed by atoms with van der Waals surface area (Å²) in [6.07, 6.45) is 4.67. The number of rotatable bonds is 8. The molecular weight excluding hydrogens is 470 g/mol. The van der Waals surface area contributed by atoms with Crippen molar-refractivity contribution in [3.63, 3.8) is 0 Å². The predicted molar refractivity (Wildman–Crippen MR) is 132 cm³/mol. The molecule has 2 saturated heterocycles. The lowest BCUT2D eigenvalue weighted by Gasteiger charge is -2.30. The average Bonchev–Trinajstić information content (AvgIpc) is 3.34. The van der Waals surface area contributed by atoms with Gasteiger partial charge in [-0.3, -0.25) is 10.2 Å². The number of aliphatic hydroxyl groups excluding tert-OH is 1. The summed E-state index contributed by atoms with van der Waals surface area (Å²) in [5.41, 5.74) is 2.83. The summed E-state index contributed by atoms with van der Waals surface area (Å²) in [7, 11) is -4.08. The van der Waals surface area contributed by atoms with Crippen molar-refractivity contribution >= 4 is 32.7 Å². The van der Waals surface area contributed by atoms with Crippen molar-refractivity contribution in [2.75, 3.05) is 32.8 Å². The van der Waals surface area contributed by atoms with Crippen molar-refractivity contribution < 1.29 is 23.1 Å². The maximum absolute atomic E-state index is 13.2. The third-order valence-electron chi connectivity index (χ3n) is 6.59. The fourth-order valence-electron chi connectivity index (χ4n) is 4.78. The molecule has 2 heterocycles. The van der Waals surface area contributed by atoms with Crippen molar-refractivity contribution in [2.45, 2.75) is 49.1 Å². The number of nitrogens with zero attached hydrogens (tertiary/aromatic N) is 2. The zero-order valence-electron chi connectivity index (χ0n) is 19.7. The Kier molecular flexibility index (Phi) is 8.22. The van der Waals surface area contributed by atoms with Gasteiger partial charge < -0.3 is 15.3 Å². The highest BCUT2D eigenvalue weighted by atomic mass is 32.2. The zero-order chi connectivity index (χ0) is 24.8. The molecule has 4 N–H and O–H groups in total. The maximum atomic E-state index is 13.2. The fourth-order valence-corrected chi connectivity index (χ4v) is 6.19. The molecule has 2 aromatic rings. The second kappa shape index (κ2) is 11.3. The van der Waals surface area contributed by atoms with Gasteiger partial charge in [-0.15, -0.1) is 0 Å². The lowest BCUT2D eigenvalue weighted by molar-refractivity contribution is -0.134. The molecule has 2 aliphatic heterocycles. The van der Waals surface area contributed by atoms with Gasteiger partial charge in [-0.2, -0.15) is 4.72 Å². The van der Waals surface area contributed by atoms with Gasteiger partial charge in [-0.1, -0.05) is 42.8 Å². The first-order valence-corrected chi connectivity index (χ1v) is 13.6. The molecule has 2 atom stereocenters. The van der Waals surface area contributed by atoms with Gasteiger partial charge in [-0.05, 0) is 37.1 Å². The van der Waals surface area contributed by atoms with Gasteiger partial charge in [0.05, 0.1) is 11.5 Å². The zero-order valence-corrected chi connectivity index (χ0v) is 20.5. The Morgan fingerprint density at radius 2 is 1.74 bits per heavy atom. The third-order valence-corrected chi connectivity index (χ3v) is 8.12. The Bertz CT molecular complexity index is 1150. The predicted octanol–water partition coefficient (Wildman–Crippen LogP) is 1.17. The number of benzene rings is 2. The molecule has 11 heteroatoms. The summed E-state index contributed by atoms with van der Waals surface area (Å²) < 4.78 is 28.7. The minimum Gasteiger partial charge on any atom is -0.394 e. The first kappa shape index (κ1) is 25.4. The Balaban J connectivity index is 1.39. The second-order valence-electron chi connectivity index (χ2n) is 9.03. The molecule has 3 amide bonds. The number of sulfonamides is 1. The molecule has 0 radical (unpaired) electrons. The van der Waals surface area contributed by atoms with Gasteiger partial charge >= 0.3 is 6.03 Å². The number of carbonyl (C=O) groups is 2. The molecule has 0 spiro atoms. The normalized spacial score (nSPS) is 20.0. The number of urea groups is 1. The average molecular weight is 504 g/mol. The maximum Gasteiger partial charge on any atom is 0.329 e. The molecule has 0 unspecified atom stereocenters. The highest BCUT2D eigenvalue weighted by Gasteiger charge is 2.35. The van der Waals surface area contributed by atoms with Gasteiger partial charge in [0, 0.05) is 37.6 Å². The van der Waals surface area contributed by atoms with Crippen LogP contribution in [0.3, 0.4) is 0 Å². The summed E-state index contributed by atoms with van der Waals surface area (Å²) in [5, 5.41) is 15.9. The van der Waals surface area contributed by atoms with Crippen molar-refractivity contribution in [2.24, 2.45) is 0 Å². The first-order valence-electron chi connectivity index (χ1n) is 12.1. The van der Waals surface area contributed by atoms with Crippen LogP contribution < -0.4 is 15.5 Å². The van der Waals surface area contributed by atoms with Gasteiger partial charge in [0.1, 0.15) is 6.04 Å². The number of hydrazine groups is 1. The van der Waals surface area contributed by atoms with E-state index in [2.05, 4.69) is 15.5 Å². The Morgan fingerprint density at radius 3 is 2.51 bits per heavy atom. The molecule has 4 rings (SSSR count). The van der Waals surface area contributed by atoms with Crippen LogP contribution in [-0.2, 0) is 14.8 Å². The van der Waals surface area contributed by atoms with Crippen LogP contribution in [0.1, 0.15) is 32.1 Å². The number of piperidine rings is 1. The van der Waals surface area contributed by atoms with E-state index in [-0.39, 0.29) is 23.5 Å². The van der Waals surface area contributed by atoms with Gasteiger partial charge in [0.25, 0.3) is 0 Å². The van der Waals surface area contributed by atoms with Crippen molar-refractivity contribution in [1.29, 1.82) is 0 Å². The monoisotopic (exact) mass is 503 g/mol. The van der Waals surface area contributed by atoms with Crippen LogP contribution in [0.25, 0.3) is 10.8 Å². The summed E-state index contributed by atoms with van der Waals surface area (Å²) >= 11 is 0. The van der Waals surface area contributed by atoms with Crippen LogP contribution in [0.4, 0.5) is 4.79 Å². The van der Waals surface area contributed by atoms with Crippen LogP contribution in [0.5, 0.6) is 0 Å². The largest absolute Gasteiger partial charge is 0.394 e. The van der Waals surface area contributed by atoms with Crippen LogP contribution >= 0.6 is 0 Å². The van der Waals surface area contributed by atoms with E-state index in [9.17, 15) is 23.1 Å². The topological polar surface area (TPSA) is 131 Å². The summed E-state index contributed by atoms with van der Waals surface area (Å²) in [4.78, 5) is 27.1. The first-order chi connectivity index (χ1) is 16.9. The van der Waals surface area contributed by atoms with Gasteiger partial charge in [-0.25, -0.2) is 18.2 Å². The molecule has 2 aliphatic rings.